The van der Waals surface area contributed by atoms with Crippen LogP contribution in [-0.2, 0) is 17.9 Å². The molecular formula is C21H28N4O2. The summed E-state index contributed by atoms with van der Waals surface area (Å²) in [5.41, 5.74) is 1.45. The Morgan fingerprint density at radius 3 is 2.67 bits per heavy atom. The van der Waals surface area contributed by atoms with Crippen LogP contribution in [0.4, 0.5) is 0 Å². The molecule has 4 rings (SSSR count). The summed E-state index contributed by atoms with van der Waals surface area (Å²) in [6, 6.07) is 10.5. The Labute approximate surface area is 160 Å². The van der Waals surface area contributed by atoms with E-state index < -0.39 is 0 Å². The first-order chi connectivity index (χ1) is 13.2. The van der Waals surface area contributed by atoms with Crippen LogP contribution in [0.25, 0.3) is 0 Å². The second-order valence-electron chi connectivity index (χ2n) is 8.01. The summed E-state index contributed by atoms with van der Waals surface area (Å²) >= 11 is 0. The summed E-state index contributed by atoms with van der Waals surface area (Å²) in [6.45, 7) is 5.03. The van der Waals surface area contributed by atoms with Gasteiger partial charge in [0.15, 0.2) is 0 Å². The van der Waals surface area contributed by atoms with Crippen LogP contribution in [0.15, 0.2) is 49.1 Å². The van der Waals surface area contributed by atoms with Gasteiger partial charge in [-0.25, -0.2) is 4.98 Å². The Kier molecular flexibility index (Phi) is 5.27. The highest BCUT2D eigenvalue weighted by Gasteiger charge is 2.47. The standard InChI is InChI=1S/C21H28N4O2/c26-15-19-13-24(12-18-4-2-1-3-5-18)16-21(19)6-9-25(10-7-21)20(27)14-23-11-8-22-17-23/h1-5,8,11,17,19,26H,6-7,9-10,12-16H2. The maximum absolute atomic E-state index is 12.5. The van der Waals surface area contributed by atoms with Crippen molar-refractivity contribution in [2.24, 2.45) is 11.3 Å². The maximum Gasteiger partial charge on any atom is 0.242 e. The molecule has 3 heterocycles. The molecule has 0 radical (unpaired) electrons. The summed E-state index contributed by atoms with van der Waals surface area (Å²) < 4.78 is 1.82. The molecule has 1 N–H and O–H groups in total. The molecule has 144 valence electrons. The van der Waals surface area contributed by atoms with Crippen molar-refractivity contribution in [2.75, 3.05) is 32.8 Å². The lowest BCUT2D eigenvalue weighted by atomic mass is 9.71. The van der Waals surface area contributed by atoms with Crippen molar-refractivity contribution in [2.45, 2.75) is 25.9 Å². The number of benzene rings is 1. The van der Waals surface area contributed by atoms with E-state index in [0.29, 0.717) is 12.5 Å². The Bertz CT molecular complexity index is 739. The van der Waals surface area contributed by atoms with Gasteiger partial charge < -0.3 is 14.6 Å². The van der Waals surface area contributed by atoms with E-state index in [4.69, 9.17) is 0 Å². The normalized spacial score (nSPS) is 22.4. The molecule has 1 amide bonds. The molecular weight excluding hydrogens is 340 g/mol. The lowest BCUT2D eigenvalue weighted by Gasteiger charge is -2.42. The van der Waals surface area contributed by atoms with Crippen molar-refractivity contribution in [1.82, 2.24) is 19.4 Å². The highest BCUT2D eigenvalue weighted by Crippen LogP contribution is 2.44. The summed E-state index contributed by atoms with van der Waals surface area (Å²) in [7, 11) is 0. The minimum absolute atomic E-state index is 0.134. The largest absolute Gasteiger partial charge is 0.396 e. The predicted octanol–water partition coefficient (Wildman–Crippen LogP) is 1.62. The van der Waals surface area contributed by atoms with Gasteiger partial charge in [0.25, 0.3) is 0 Å². The molecule has 27 heavy (non-hydrogen) atoms. The van der Waals surface area contributed by atoms with Crippen molar-refractivity contribution >= 4 is 5.91 Å². The number of aliphatic hydroxyl groups is 1. The molecule has 0 aliphatic carbocycles. The van der Waals surface area contributed by atoms with E-state index in [1.165, 1.54) is 5.56 Å². The second-order valence-corrected chi connectivity index (χ2v) is 8.01. The molecule has 0 saturated carbocycles. The zero-order chi connectivity index (χ0) is 18.7. The fourth-order valence-electron chi connectivity index (χ4n) is 4.76. The quantitative estimate of drug-likeness (QED) is 0.871. The molecule has 1 aromatic carbocycles. The molecule has 1 aromatic heterocycles. The van der Waals surface area contributed by atoms with Crippen LogP contribution < -0.4 is 0 Å². The van der Waals surface area contributed by atoms with Gasteiger partial charge in [0, 0.05) is 57.6 Å². The van der Waals surface area contributed by atoms with E-state index >= 15 is 0 Å². The third kappa shape index (κ3) is 3.92. The number of aliphatic hydroxyl groups excluding tert-OH is 1. The molecule has 1 unspecified atom stereocenters. The van der Waals surface area contributed by atoms with Crippen molar-refractivity contribution < 1.29 is 9.90 Å². The zero-order valence-electron chi connectivity index (χ0n) is 15.7. The number of imidazole rings is 1. The number of hydrogen-bond acceptors (Lipinski definition) is 4. The summed E-state index contributed by atoms with van der Waals surface area (Å²) in [5.74, 6) is 0.453. The van der Waals surface area contributed by atoms with Gasteiger partial charge in [-0.1, -0.05) is 30.3 Å². The lowest BCUT2D eigenvalue weighted by molar-refractivity contribution is -0.134. The van der Waals surface area contributed by atoms with Gasteiger partial charge >= 0.3 is 0 Å². The number of carbonyl (C=O) groups is 1. The number of hydrogen-bond donors (Lipinski definition) is 1. The third-order valence-electron chi connectivity index (χ3n) is 6.34. The average molecular weight is 368 g/mol. The van der Waals surface area contributed by atoms with Gasteiger partial charge in [-0.2, -0.15) is 0 Å². The number of rotatable bonds is 5. The summed E-state index contributed by atoms with van der Waals surface area (Å²) in [4.78, 5) is 21.0. The first kappa shape index (κ1) is 18.2. The molecule has 0 bridgehead atoms. The monoisotopic (exact) mass is 368 g/mol. The van der Waals surface area contributed by atoms with Crippen molar-refractivity contribution in [3.63, 3.8) is 0 Å². The first-order valence-corrected chi connectivity index (χ1v) is 9.79. The molecule has 2 aliphatic rings. The zero-order valence-corrected chi connectivity index (χ0v) is 15.7. The van der Waals surface area contributed by atoms with Crippen LogP contribution in [-0.4, -0.2) is 63.2 Å². The number of aromatic nitrogens is 2. The van der Waals surface area contributed by atoms with Gasteiger partial charge in [0.05, 0.1) is 6.33 Å². The average Bonchev–Trinajstić information content (AvgIpc) is 3.31. The van der Waals surface area contributed by atoms with E-state index in [1.807, 2.05) is 21.7 Å². The smallest absolute Gasteiger partial charge is 0.242 e. The van der Waals surface area contributed by atoms with Gasteiger partial charge in [0.2, 0.25) is 5.91 Å². The van der Waals surface area contributed by atoms with Crippen LogP contribution in [0.2, 0.25) is 0 Å². The maximum atomic E-state index is 12.5. The van der Waals surface area contributed by atoms with Crippen LogP contribution in [0.3, 0.4) is 0 Å². The number of carbonyl (C=O) groups excluding carboxylic acids is 1. The first-order valence-electron chi connectivity index (χ1n) is 9.79. The number of likely N-dealkylation sites (tertiary alicyclic amines) is 2. The van der Waals surface area contributed by atoms with E-state index in [0.717, 1.165) is 45.6 Å². The Hall–Kier alpha value is -2.18. The van der Waals surface area contributed by atoms with Crippen molar-refractivity contribution in [3.8, 4) is 0 Å². The van der Waals surface area contributed by atoms with E-state index in [9.17, 15) is 9.90 Å². The molecule has 6 heteroatoms. The highest BCUT2D eigenvalue weighted by atomic mass is 16.3. The van der Waals surface area contributed by atoms with Gasteiger partial charge in [-0.3, -0.25) is 9.69 Å². The Morgan fingerprint density at radius 1 is 1.22 bits per heavy atom. The Balaban J connectivity index is 1.36. The third-order valence-corrected chi connectivity index (χ3v) is 6.34. The van der Waals surface area contributed by atoms with Crippen molar-refractivity contribution in [3.05, 3.63) is 54.6 Å². The molecule has 1 atom stereocenters. The van der Waals surface area contributed by atoms with E-state index in [-0.39, 0.29) is 17.9 Å². The van der Waals surface area contributed by atoms with Gasteiger partial charge in [0.1, 0.15) is 6.54 Å². The fraction of sp³-hybridized carbons (Fsp3) is 0.524. The van der Waals surface area contributed by atoms with Crippen LogP contribution >= 0.6 is 0 Å². The van der Waals surface area contributed by atoms with Gasteiger partial charge in [-0.05, 0) is 23.8 Å². The van der Waals surface area contributed by atoms with Crippen LogP contribution in [0.1, 0.15) is 18.4 Å². The second kappa shape index (κ2) is 7.82. The van der Waals surface area contributed by atoms with E-state index in [2.05, 4.69) is 34.1 Å². The van der Waals surface area contributed by atoms with Crippen molar-refractivity contribution in [1.29, 1.82) is 0 Å². The topological polar surface area (TPSA) is 61.6 Å². The Morgan fingerprint density at radius 2 is 2.00 bits per heavy atom. The minimum Gasteiger partial charge on any atom is -0.396 e. The van der Waals surface area contributed by atoms with Crippen LogP contribution in [0, 0.1) is 11.3 Å². The number of amides is 1. The predicted molar refractivity (Wildman–Crippen MR) is 103 cm³/mol. The summed E-state index contributed by atoms with van der Waals surface area (Å²) in [6.07, 6.45) is 7.15. The summed E-state index contributed by atoms with van der Waals surface area (Å²) in [5, 5.41) is 10.00. The minimum atomic E-state index is 0.134. The highest BCUT2D eigenvalue weighted by molar-refractivity contribution is 5.76. The molecule has 1 spiro atoms. The lowest BCUT2D eigenvalue weighted by Crippen LogP contribution is -2.47. The number of nitrogens with zero attached hydrogens (tertiary/aromatic N) is 4. The fourth-order valence-corrected chi connectivity index (χ4v) is 4.76. The number of piperidine rings is 1. The molecule has 6 nitrogen and oxygen atoms in total. The molecule has 2 aliphatic heterocycles. The van der Waals surface area contributed by atoms with E-state index in [1.54, 1.807) is 12.5 Å². The molecule has 2 aromatic rings. The van der Waals surface area contributed by atoms with Crippen LogP contribution in [0.5, 0.6) is 0 Å². The SMILES string of the molecule is O=C(Cn1ccnc1)N1CCC2(CC1)CN(Cc1ccccc1)CC2CO. The molecule has 2 fully saturated rings. The molecule has 2 saturated heterocycles. The van der Waals surface area contributed by atoms with Gasteiger partial charge in [-0.15, -0.1) is 0 Å².